The number of rotatable bonds is 4. The summed E-state index contributed by atoms with van der Waals surface area (Å²) in [6.07, 6.45) is 3.63. The van der Waals surface area contributed by atoms with Crippen LogP contribution in [-0.4, -0.2) is 7.11 Å². The lowest BCUT2D eigenvalue weighted by Crippen LogP contribution is -1.76. The van der Waals surface area contributed by atoms with Gasteiger partial charge in [-0.05, 0) is 42.5 Å². The Morgan fingerprint density at radius 2 is 2.07 bits per heavy atom. The minimum Gasteiger partial charge on any atom is -0.504 e. The van der Waals surface area contributed by atoms with E-state index in [1.165, 1.54) is 16.0 Å². The summed E-state index contributed by atoms with van der Waals surface area (Å²) < 4.78 is 4.86. The molecule has 1 nitrogen and oxygen atoms in total. The average Bonchev–Trinajstić information content (AvgIpc) is 2.25. The number of methoxy groups -OCH3 is 1. The molecule has 0 amide bonds. The summed E-state index contributed by atoms with van der Waals surface area (Å²) in [5, 5.41) is 2.12. The van der Waals surface area contributed by atoms with E-state index in [1.54, 1.807) is 25.1 Å². The highest BCUT2D eigenvalue weighted by atomic mass is 32.2. The minimum atomic E-state index is 1.19. The summed E-state index contributed by atoms with van der Waals surface area (Å²) in [5.74, 6) is 0. The van der Waals surface area contributed by atoms with Crippen LogP contribution in [-0.2, 0) is 4.74 Å². The molecular weight excluding hydrogens is 204 g/mol. The van der Waals surface area contributed by atoms with Crippen molar-refractivity contribution in [3.8, 4) is 0 Å². The van der Waals surface area contributed by atoms with Gasteiger partial charge in [-0.15, -0.1) is 0 Å². The van der Waals surface area contributed by atoms with E-state index in [9.17, 15) is 0 Å². The van der Waals surface area contributed by atoms with Gasteiger partial charge in [0.25, 0.3) is 0 Å². The van der Waals surface area contributed by atoms with Crippen LogP contribution in [0.3, 0.4) is 0 Å². The highest BCUT2D eigenvalue weighted by Gasteiger charge is 1.94. The fourth-order valence-corrected chi connectivity index (χ4v) is 1.86. The zero-order chi connectivity index (χ0) is 11.1. The zero-order valence-electron chi connectivity index (χ0n) is 9.36. The summed E-state index contributed by atoms with van der Waals surface area (Å²) in [6.45, 7) is 4.18. The molecule has 1 aromatic rings. The topological polar surface area (TPSA) is 9.23 Å². The van der Waals surface area contributed by atoms with Crippen molar-refractivity contribution in [2.24, 2.45) is 0 Å². The summed E-state index contributed by atoms with van der Waals surface area (Å²) in [6, 6.07) is 8.37. The maximum Gasteiger partial charge on any atom is 0.0827 e. The molecule has 1 rings (SSSR count). The van der Waals surface area contributed by atoms with Gasteiger partial charge in [0.15, 0.2) is 0 Å². The first-order valence-corrected chi connectivity index (χ1v) is 5.70. The number of thioether (sulfide) groups is 1. The maximum atomic E-state index is 4.86. The lowest BCUT2D eigenvalue weighted by molar-refractivity contribution is 0.338. The second kappa shape index (κ2) is 6.36. The van der Waals surface area contributed by atoms with E-state index >= 15 is 0 Å². The highest BCUT2D eigenvalue weighted by Crippen LogP contribution is 2.24. The van der Waals surface area contributed by atoms with Gasteiger partial charge in [-0.25, -0.2) is 0 Å². The Hall–Kier alpha value is -1.15. The quantitative estimate of drug-likeness (QED) is 0.428. The van der Waals surface area contributed by atoms with Gasteiger partial charge in [0.1, 0.15) is 0 Å². The largest absolute Gasteiger partial charge is 0.504 e. The first kappa shape index (κ1) is 11.9. The van der Waals surface area contributed by atoms with Gasteiger partial charge in [-0.2, -0.15) is 0 Å². The van der Waals surface area contributed by atoms with E-state index < -0.39 is 0 Å². The van der Waals surface area contributed by atoms with Crippen molar-refractivity contribution in [1.82, 2.24) is 0 Å². The van der Waals surface area contributed by atoms with Crippen molar-refractivity contribution < 1.29 is 4.74 Å². The summed E-state index contributed by atoms with van der Waals surface area (Å²) in [4.78, 5) is 1.29. The van der Waals surface area contributed by atoms with Crippen molar-refractivity contribution in [3.63, 3.8) is 0 Å². The van der Waals surface area contributed by atoms with E-state index in [-0.39, 0.29) is 0 Å². The summed E-state index contributed by atoms with van der Waals surface area (Å²) in [5.41, 5.74) is 2.49. The fraction of sp³-hybridized carbons (Fsp3) is 0.231. The van der Waals surface area contributed by atoms with Crippen molar-refractivity contribution in [2.75, 3.05) is 7.11 Å². The normalized spacial score (nSPS) is 12.1. The molecular formula is C13H16OS. The number of ether oxygens (including phenoxy) is 1. The third-order valence-corrected chi connectivity index (χ3v) is 3.13. The van der Waals surface area contributed by atoms with Crippen molar-refractivity contribution >= 4 is 11.8 Å². The standard InChI is InChI=1S/C13H16OS/c1-11(8-9-14-3)10-15-13-7-5-4-6-12(13)2/h4-10H,1-3H3/b9-8+,11-10+. The molecule has 0 spiro atoms. The summed E-state index contributed by atoms with van der Waals surface area (Å²) >= 11 is 1.74. The molecule has 0 saturated heterocycles. The Kier molecular flexibility index (Phi) is 5.05. The van der Waals surface area contributed by atoms with Crippen LogP contribution < -0.4 is 0 Å². The minimum absolute atomic E-state index is 1.19. The molecule has 0 unspecified atom stereocenters. The molecule has 0 bridgehead atoms. The Bertz CT molecular complexity index is 367. The van der Waals surface area contributed by atoms with Gasteiger partial charge in [0, 0.05) is 4.90 Å². The van der Waals surface area contributed by atoms with Gasteiger partial charge in [-0.1, -0.05) is 30.0 Å². The van der Waals surface area contributed by atoms with Gasteiger partial charge >= 0.3 is 0 Å². The lowest BCUT2D eigenvalue weighted by Gasteiger charge is -2.01. The molecule has 0 aliphatic heterocycles. The van der Waals surface area contributed by atoms with Gasteiger partial charge in [0.05, 0.1) is 13.4 Å². The van der Waals surface area contributed by atoms with Crippen LogP contribution in [0.25, 0.3) is 0 Å². The number of aryl methyl sites for hydroxylation is 1. The average molecular weight is 220 g/mol. The molecule has 0 radical (unpaired) electrons. The second-order valence-electron chi connectivity index (χ2n) is 3.28. The molecule has 0 aromatic heterocycles. The molecule has 0 heterocycles. The molecule has 0 atom stereocenters. The van der Waals surface area contributed by atoms with Gasteiger partial charge in [-0.3, -0.25) is 0 Å². The highest BCUT2D eigenvalue weighted by molar-refractivity contribution is 8.02. The van der Waals surface area contributed by atoms with E-state index in [0.717, 1.165) is 0 Å². The first-order valence-electron chi connectivity index (χ1n) is 4.82. The number of benzene rings is 1. The van der Waals surface area contributed by atoms with E-state index in [0.29, 0.717) is 0 Å². The molecule has 1 aromatic carbocycles. The van der Waals surface area contributed by atoms with Crippen LogP contribution in [0.2, 0.25) is 0 Å². The second-order valence-corrected chi connectivity index (χ2v) is 4.19. The molecule has 0 saturated carbocycles. The van der Waals surface area contributed by atoms with Crippen molar-refractivity contribution in [3.05, 3.63) is 53.1 Å². The van der Waals surface area contributed by atoms with E-state index in [1.807, 2.05) is 6.08 Å². The van der Waals surface area contributed by atoms with Crippen LogP contribution in [0, 0.1) is 6.92 Å². The van der Waals surface area contributed by atoms with Crippen LogP contribution in [0.1, 0.15) is 12.5 Å². The number of hydrogen-bond donors (Lipinski definition) is 0. The molecule has 0 aliphatic rings. The number of hydrogen-bond acceptors (Lipinski definition) is 2. The SMILES string of the molecule is CO/C=C/C(C)=C/Sc1ccccc1C. The van der Waals surface area contributed by atoms with Crippen LogP contribution in [0.15, 0.2) is 52.5 Å². The van der Waals surface area contributed by atoms with Crippen molar-refractivity contribution in [1.29, 1.82) is 0 Å². The Morgan fingerprint density at radius 3 is 2.73 bits per heavy atom. The Labute approximate surface area is 95.8 Å². The van der Waals surface area contributed by atoms with E-state index in [4.69, 9.17) is 4.74 Å². The molecule has 0 aliphatic carbocycles. The first-order chi connectivity index (χ1) is 7.24. The fourth-order valence-electron chi connectivity index (χ4n) is 1.06. The maximum absolute atomic E-state index is 4.86. The van der Waals surface area contributed by atoms with Gasteiger partial charge < -0.3 is 4.74 Å². The van der Waals surface area contributed by atoms with Crippen molar-refractivity contribution in [2.45, 2.75) is 18.7 Å². The molecule has 0 N–H and O–H groups in total. The Balaban J connectivity index is 2.64. The van der Waals surface area contributed by atoms with Crippen LogP contribution >= 0.6 is 11.8 Å². The lowest BCUT2D eigenvalue weighted by atomic mass is 10.2. The third-order valence-electron chi connectivity index (χ3n) is 1.93. The molecule has 80 valence electrons. The zero-order valence-corrected chi connectivity index (χ0v) is 10.2. The van der Waals surface area contributed by atoms with E-state index in [2.05, 4.69) is 43.5 Å². The molecule has 2 heteroatoms. The molecule has 15 heavy (non-hydrogen) atoms. The predicted molar refractivity (Wildman–Crippen MR) is 66.9 cm³/mol. The monoisotopic (exact) mass is 220 g/mol. The number of allylic oxidation sites excluding steroid dienone is 2. The Morgan fingerprint density at radius 1 is 1.33 bits per heavy atom. The smallest absolute Gasteiger partial charge is 0.0827 e. The van der Waals surface area contributed by atoms with Gasteiger partial charge in [0.2, 0.25) is 0 Å². The van der Waals surface area contributed by atoms with Crippen LogP contribution in [0.5, 0.6) is 0 Å². The summed E-state index contributed by atoms with van der Waals surface area (Å²) in [7, 11) is 1.65. The third kappa shape index (κ3) is 4.26. The predicted octanol–water partition coefficient (Wildman–Crippen LogP) is 4.15. The van der Waals surface area contributed by atoms with Crippen LogP contribution in [0.4, 0.5) is 0 Å². The molecule has 0 fully saturated rings.